The molecule has 0 bridgehead atoms. The van der Waals surface area contributed by atoms with Crippen LogP contribution in [0, 0.1) is 6.92 Å². The maximum Gasteiger partial charge on any atom is 0.249 e. The molecule has 0 amide bonds. The summed E-state index contributed by atoms with van der Waals surface area (Å²) in [6, 6.07) is 18.9. The molecule has 0 aliphatic rings. The van der Waals surface area contributed by atoms with Crippen molar-refractivity contribution < 1.29 is 9.26 Å². The molecule has 0 unspecified atom stereocenters. The predicted molar refractivity (Wildman–Crippen MR) is 101 cm³/mol. The maximum atomic E-state index is 5.77. The van der Waals surface area contributed by atoms with E-state index in [0.717, 1.165) is 17.2 Å². The molecule has 0 aliphatic heterocycles. The zero-order chi connectivity index (χ0) is 18.5. The number of aromatic nitrogens is 4. The maximum absolute atomic E-state index is 5.77. The van der Waals surface area contributed by atoms with Gasteiger partial charge in [-0.2, -0.15) is 10.1 Å². The van der Waals surface area contributed by atoms with Gasteiger partial charge in [-0.1, -0.05) is 23.4 Å². The van der Waals surface area contributed by atoms with Crippen molar-refractivity contribution in [2.75, 3.05) is 10.6 Å². The van der Waals surface area contributed by atoms with Gasteiger partial charge in [0.2, 0.25) is 5.95 Å². The van der Waals surface area contributed by atoms with Gasteiger partial charge in [-0.3, -0.25) is 0 Å². The van der Waals surface area contributed by atoms with E-state index in [4.69, 9.17) is 9.26 Å². The highest BCUT2D eigenvalue weighted by Crippen LogP contribution is 2.24. The predicted octanol–water partition coefficient (Wildman–Crippen LogP) is 4.45. The molecule has 0 spiro atoms. The van der Waals surface area contributed by atoms with Crippen molar-refractivity contribution in [3.05, 3.63) is 72.6 Å². The van der Waals surface area contributed by atoms with Gasteiger partial charge in [0, 0.05) is 11.8 Å². The fourth-order valence-corrected chi connectivity index (χ4v) is 2.33. The fourth-order valence-electron chi connectivity index (χ4n) is 2.33. The quantitative estimate of drug-likeness (QED) is 0.520. The molecule has 27 heavy (non-hydrogen) atoms. The van der Waals surface area contributed by atoms with Crippen LogP contribution in [0.2, 0.25) is 0 Å². The van der Waals surface area contributed by atoms with Crippen LogP contribution in [0.5, 0.6) is 11.5 Å². The lowest BCUT2D eigenvalue weighted by molar-refractivity contribution is 0.400. The van der Waals surface area contributed by atoms with E-state index >= 15 is 0 Å². The van der Waals surface area contributed by atoms with E-state index in [2.05, 4.69) is 31.0 Å². The number of hydrogen-bond acceptors (Lipinski definition) is 8. The lowest BCUT2D eigenvalue weighted by Crippen LogP contribution is -2.02. The molecular weight excluding hydrogens is 344 g/mol. The summed E-state index contributed by atoms with van der Waals surface area (Å²) in [5.74, 6) is 3.65. The van der Waals surface area contributed by atoms with E-state index < -0.39 is 0 Å². The molecular formula is C19H16N6O2. The standard InChI is InChI=1S/C19H16N6O2/c1-13-11-17(25-27-13)22-18-12-20-24-19(23-18)21-14-7-9-16(10-8-14)26-15-5-3-2-4-6-15/h2-12H,1H3,(H2,21,22,23,24,25). The van der Waals surface area contributed by atoms with Gasteiger partial charge in [0.25, 0.3) is 0 Å². The van der Waals surface area contributed by atoms with Crippen molar-refractivity contribution in [1.82, 2.24) is 20.3 Å². The second-order valence-corrected chi connectivity index (χ2v) is 5.68. The summed E-state index contributed by atoms with van der Waals surface area (Å²) >= 11 is 0. The minimum atomic E-state index is 0.358. The van der Waals surface area contributed by atoms with Gasteiger partial charge in [-0.25, -0.2) is 0 Å². The number of nitrogens with one attached hydrogen (secondary N) is 2. The molecule has 0 aliphatic carbocycles. The van der Waals surface area contributed by atoms with E-state index in [9.17, 15) is 0 Å². The van der Waals surface area contributed by atoms with E-state index in [1.807, 2.05) is 61.5 Å². The van der Waals surface area contributed by atoms with Crippen LogP contribution in [-0.4, -0.2) is 20.3 Å². The van der Waals surface area contributed by atoms with E-state index in [1.54, 1.807) is 6.07 Å². The van der Waals surface area contributed by atoms with Crippen LogP contribution in [0.4, 0.5) is 23.3 Å². The number of rotatable bonds is 6. The van der Waals surface area contributed by atoms with E-state index in [1.165, 1.54) is 6.20 Å². The van der Waals surface area contributed by atoms with Crippen LogP contribution in [0.1, 0.15) is 5.76 Å². The first kappa shape index (κ1) is 16.5. The summed E-state index contributed by atoms with van der Waals surface area (Å²) < 4.78 is 10.8. The number of aryl methyl sites for hydroxylation is 1. The first-order valence-electron chi connectivity index (χ1n) is 8.25. The Labute approximate surface area is 155 Å². The fraction of sp³-hybridized carbons (Fsp3) is 0.0526. The smallest absolute Gasteiger partial charge is 0.249 e. The van der Waals surface area contributed by atoms with Crippen LogP contribution in [0.25, 0.3) is 0 Å². The van der Waals surface area contributed by atoms with Gasteiger partial charge < -0.3 is 19.9 Å². The molecule has 8 heteroatoms. The molecule has 0 saturated heterocycles. The molecule has 2 aromatic carbocycles. The Morgan fingerprint density at radius 1 is 0.889 bits per heavy atom. The van der Waals surface area contributed by atoms with Crippen LogP contribution < -0.4 is 15.4 Å². The van der Waals surface area contributed by atoms with Gasteiger partial charge in [0.05, 0.1) is 6.20 Å². The zero-order valence-electron chi connectivity index (χ0n) is 14.5. The third-order valence-electron chi connectivity index (χ3n) is 3.53. The molecule has 0 saturated carbocycles. The number of nitrogens with zero attached hydrogens (tertiary/aromatic N) is 4. The largest absolute Gasteiger partial charge is 0.457 e. The minimum absolute atomic E-state index is 0.358. The monoisotopic (exact) mass is 360 g/mol. The van der Waals surface area contributed by atoms with Crippen LogP contribution in [0.15, 0.2) is 71.4 Å². The van der Waals surface area contributed by atoms with Gasteiger partial charge in [-0.15, -0.1) is 5.10 Å². The summed E-state index contributed by atoms with van der Waals surface area (Å²) in [6.45, 7) is 1.81. The molecule has 0 radical (unpaired) electrons. The average Bonchev–Trinajstić information content (AvgIpc) is 3.09. The third kappa shape index (κ3) is 4.37. The molecule has 2 N–H and O–H groups in total. The van der Waals surface area contributed by atoms with Crippen LogP contribution in [-0.2, 0) is 0 Å². The van der Waals surface area contributed by atoms with E-state index in [0.29, 0.717) is 23.3 Å². The van der Waals surface area contributed by atoms with Crippen LogP contribution >= 0.6 is 0 Å². The molecule has 0 fully saturated rings. The first-order chi connectivity index (χ1) is 13.2. The number of benzene rings is 2. The summed E-state index contributed by atoms with van der Waals surface area (Å²) in [7, 11) is 0. The normalized spacial score (nSPS) is 10.4. The Hall–Kier alpha value is -3.94. The molecule has 4 rings (SSSR count). The van der Waals surface area contributed by atoms with Crippen molar-refractivity contribution >= 4 is 23.3 Å². The Bertz CT molecular complexity index is 1020. The zero-order valence-corrected chi connectivity index (χ0v) is 14.5. The summed E-state index contributed by atoms with van der Waals surface area (Å²) in [5.41, 5.74) is 0.812. The minimum Gasteiger partial charge on any atom is -0.457 e. The Kier molecular flexibility index (Phi) is 4.60. The molecule has 134 valence electrons. The topological polar surface area (TPSA) is 98.0 Å². The molecule has 8 nitrogen and oxygen atoms in total. The van der Waals surface area contributed by atoms with Crippen molar-refractivity contribution in [2.24, 2.45) is 0 Å². The van der Waals surface area contributed by atoms with Crippen molar-refractivity contribution in [3.8, 4) is 11.5 Å². The second-order valence-electron chi connectivity index (χ2n) is 5.68. The third-order valence-corrected chi connectivity index (χ3v) is 3.53. The molecule has 0 atom stereocenters. The van der Waals surface area contributed by atoms with Gasteiger partial charge in [0.15, 0.2) is 11.6 Å². The van der Waals surface area contributed by atoms with Gasteiger partial charge in [-0.05, 0) is 43.3 Å². The van der Waals surface area contributed by atoms with Gasteiger partial charge >= 0.3 is 0 Å². The summed E-state index contributed by atoms with van der Waals surface area (Å²) in [6.07, 6.45) is 1.51. The lowest BCUT2D eigenvalue weighted by atomic mass is 10.3. The molecule has 4 aromatic rings. The Morgan fingerprint density at radius 3 is 2.41 bits per heavy atom. The van der Waals surface area contributed by atoms with Gasteiger partial charge in [0.1, 0.15) is 17.3 Å². The summed E-state index contributed by atoms with van der Waals surface area (Å²) in [5, 5.41) is 17.9. The lowest BCUT2D eigenvalue weighted by Gasteiger charge is -2.08. The van der Waals surface area contributed by atoms with Crippen molar-refractivity contribution in [1.29, 1.82) is 0 Å². The SMILES string of the molecule is Cc1cc(Nc2cnnc(Nc3ccc(Oc4ccccc4)cc3)n2)no1. The van der Waals surface area contributed by atoms with Crippen molar-refractivity contribution in [2.45, 2.75) is 6.92 Å². The highest BCUT2D eigenvalue weighted by atomic mass is 16.5. The number of hydrogen-bond donors (Lipinski definition) is 2. The molecule has 2 aromatic heterocycles. The summed E-state index contributed by atoms with van der Waals surface area (Å²) in [4.78, 5) is 4.35. The number of ether oxygens (including phenoxy) is 1. The second kappa shape index (κ2) is 7.52. The highest BCUT2D eigenvalue weighted by Gasteiger charge is 2.05. The number of anilines is 4. The van der Waals surface area contributed by atoms with Crippen molar-refractivity contribution in [3.63, 3.8) is 0 Å². The highest BCUT2D eigenvalue weighted by molar-refractivity contribution is 5.57. The Balaban J connectivity index is 1.42. The molecule has 2 heterocycles. The first-order valence-corrected chi connectivity index (χ1v) is 8.25. The Morgan fingerprint density at radius 2 is 1.67 bits per heavy atom. The average molecular weight is 360 g/mol. The number of para-hydroxylation sites is 1. The van der Waals surface area contributed by atoms with E-state index in [-0.39, 0.29) is 0 Å². The van der Waals surface area contributed by atoms with Crippen LogP contribution in [0.3, 0.4) is 0 Å².